The molecule has 0 fully saturated rings. The summed E-state index contributed by atoms with van der Waals surface area (Å²) in [4.78, 5) is 2.40. The summed E-state index contributed by atoms with van der Waals surface area (Å²) in [5.74, 6) is 0. The van der Waals surface area contributed by atoms with Gasteiger partial charge in [0.05, 0.1) is 5.56 Å². The minimum Gasteiger partial charge on any atom is -0.296 e. The van der Waals surface area contributed by atoms with Crippen LogP contribution in [-0.4, -0.2) is 24.0 Å². The summed E-state index contributed by atoms with van der Waals surface area (Å²) in [7, 11) is 0. The number of benzene rings is 3. The van der Waals surface area contributed by atoms with E-state index in [1.54, 1.807) is 6.07 Å². The number of hydrogen-bond donors (Lipinski definition) is 0. The molecule has 0 N–H and O–H groups in total. The summed E-state index contributed by atoms with van der Waals surface area (Å²) in [6, 6.07) is 20.9. The average molecular weight is 432 g/mol. The minimum atomic E-state index is -4.30. The van der Waals surface area contributed by atoms with Crippen molar-refractivity contribution in [1.29, 1.82) is 0 Å². The predicted octanol–water partition coefficient (Wildman–Crippen LogP) is 7.00. The molecule has 1 aliphatic heterocycles. The van der Waals surface area contributed by atoms with Crippen molar-refractivity contribution in [2.75, 3.05) is 13.1 Å². The minimum absolute atomic E-state index is 0. The summed E-state index contributed by atoms with van der Waals surface area (Å²) < 4.78 is 39.0. The van der Waals surface area contributed by atoms with Gasteiger partial charge in [-0.15, -0.1) is 12.4 Å². The van der Waals surface area contributed by atoms with E-state index < -0.39 is 11.7 Å². The highest BCUT2D eigenvalue weighted by Gasteiger charge is 2.30. The monoisotopic (exact) mass is 431 g/mol. The molecule has 1 heterocycles. The second-order valence-corrected chi connectivity index (χ2v) is 7.74. The Morgan fingerprint density at radius 1 is 0.967 bits per heavy atom. The van der Waals surface area contributed by atoms with Gasteiger partial charge in [0, 0.05) is 19.1 Å². The van der Waals surface area contributed by atoms with Gasteiger partial charge in [-0.05, 0) is 59.4 Å². The van der Waals surface area contributed by atoms with Gasteiger partial charge in [-0.1, -0.05) is 60.7 Å². The van der Waals surface area contributed by atoms with E-state index in [1.165, 1.54) is 28.5 Å². The highest BCUT2D eigenvalue weighted by Crippen LogP contribution is 2.32. The van der Waals surface area contributed by atoms with E-state index in [9.17, 15) is 13.2 Å². The van der Waals surface area contributed by atoms with Gasteiger partial charge in [-0.3, -0.25) is 4.90 Å². The van der Waals surface area contributed by atoms with Gasteiger partial charge in [-0.2, -0.15) is 13.2 Å². The normalized spacial score (nSPS) is 16.1. The number of hydrogen-bond acceptors (Lipinski definition) is 1. The summed E-state index contributed by atoms with van der Waals surface area (Å²) in [5, 5.41) is 2.54. The third-order valence-electron chi connectivity index (χ3n) is 5.82. The molecule has 3 aromatic carbocycles. The zero-order valence-electron chi connectivity index (χ0n) is 16.8. The van der Waals surface area contributed by atoms with Crippen LogP contribution in [0.4, 0.5) is 13.2 Å². The van der Waals surface area contributed by atoms with Crippen LogP contribution in [0.15, 0.2) is 72.8 Å². The quantitative estimate of drug-likeness (QED) is 0.429. The predicted molar refractivity (Wildman–Crippen MR) is 120 cm³/mol. The van der Waals surface area contributed by atoms with Crippen molar-refractivity contribution in [2.45, 2.75) is 32.0 Å². The highest BCUT2D eigenvalue weighted by atomic mass is 35.5. The number of nitrogens with zero attached hydrogens (tertiary/aromatic N) is 1. The van der Waals surface area contributed by atoms with Crippen molar-refractivity contribution < 1.29 is 13.2 Å². The van der Waals surface area contributed by atoms with Crippen LogP contribution in [-0.2, 0) is 12.6 Å². The number of halogens is 4. The van der Waals surface area contributed by atoms with Crippen LogP contribution in [0.1, 0.15) is 30.0 Å². The van der Waals surface area contributed by atoms with Crippen molar-refractivity contribution >= 4 is 28.8 Å². The zero-order valence-corrected chi connectivity index (χ0v) is 17.6. The Kier molecular flexibility index (Phi) is 6.89. The van der Waals surface area contributed by atoms with Crippen molar-refractivity contribution in [3.05, 3.63) is 89.5 Å². The Balaban J connectivity index is 0.00000256. The molecule has 1 unspecified atom stereocenters. The van der Waals surface area contributed by atoms with Gasteiger partial charge in [0.2, 0.25) is 0 Å². The van der Waals surface area contributed by atoms with Crippen LogP contribution in [0.25, 0.3) is 16.3 Å². The van der Waals surface area contributed by atoms with Crippen molar-refractivity contribution in [3.8, 4) is 0 Å². The molecule has 0 bridgehead atoms. The Labute approximate surface area is 181 Å². The van der Waals surface area contributed by atoms with Crippen LogP contribution < -0.4 is 0 Å². The average Bonchev–Trinajstić information content (AvgIpc) is 2.73. The van der Waals surface area contributed by atoms with Crippen LogP contribution in [0.3, 0.4) is 0 Å². The van der Waals surface area contributed by atoms with E-state index in [-0.39, 0.29) is 12.4 Å². The molecule has 0 radical (unpaired) electrons. The third-order valence-corrected chi connectivity index (χ3v) is 5.82. The van der Waals surface area contributed by atoms with E-state index in [2.05, 4.69) is 60.4 Å². The molecule has 3 aromatic rings. The second-order valence-electron chi connectivity index (χ2n) is 7.74. The fraction of sp³-hybridized carbons (Fsp3) is 0.280. The Morgan fingerprint density at radius 3 is 2.43 bits per heavy atom. The number of alkyl halides is 3. The second kappa shape index (κ2) is 9.23. The lowest BCUT2D eigenvalue weighted by Crippen LogP contribution is -2.37. The number of fused-ring (bicyclic) bond motifs is 1. The van der Waals surface area contributed by atoms with E-state index in [1.807, 2.05) is 0 Å². The Hall–Kier alpha value is -2.30. The van der Waals surface area contributed by atoms with Gasteiger partial charge in [-0.25, -0.2) is 0 Å². The standard InChI is InChI=1S/C25H24F3N.ClH/c1-18(16-22-9-4-7-20-6-2-3-11-24(20)22)29-14-12-19(13-15-29)21-8-5-10-23(17-21)25(26,27)28;/h2-12,17-18H,13-16H2,1H3;1H. The van der Waals surface area contributed by atoms with Crippen LogP contribution in [0, 0.1) is 0 Å². The van der Waals surface area contributed by atoms with Gasteiger partial charge < -0.3 is 0 Å². The maximum absolute atomic E-state index is 13.0. The first-order chi connectivity index (χ1) is 13.9. The van der Waals surface area contributed by atoms with Crippen molar-refractivity contribution in [3.63, 3.8) is 0 Å². The van der Waals surface area contributed by atoms with Gasteiger partial charge in [0.15, 0.2) is 0 Å². The molecule has 0 aliphatic carbocycles. The first kappa shape index (κ1) is 22.4. The lowest BCUT2D eigenvalue weighted by atomic mass is 9.95. The first-order valence-corrected chi connectivity index (χ1v) is 9.99. The molecule has 158 valence electrons. The molecule has 0 aromatic heterocycles. The largest absolute Gasteiger partial charge is 0.416 e. The van der Waals surface area contributed by atoms with Crippen LogP contribution >= 0.6 is 12.4 Å². The van der Waals surface area contributed by atoms with Gasteiger partial charge >= 0.3 is 6.18 Å². The topological polar surface area (TPSA) is 3.24 Å². The molecular formula is C25H25ClF3N. The lowest BCUT2D eigenvalue weighted by molar-refractivity contribution is -0.137. The summed E-state index contributed by atoms with van der Waals surface area (Å²) >= 11 is 0. The molecule has 5 heteroatoms. The smallest absolute Gasteiger partial charge is 0.296 e. The van der Waals surface area contributed by atoms with E-state index in [4.69, 9.17) is 0 Å². The van der Waals surface area contributed by atoms with E-state index in [0.29, 0.717) is 11.6 Å². The molecule has 30 heavy (non-hydrogen) atoms. The fourth-order valence-corrected chi connectivity index (χ4v) is 4.16. The number of rotatable bonds is 4. The van der Waals surface area contributed by atoms with Crippen molar-refractivity contribution in [2.24, 2.45) is 0 Å². The molecule has 1 atom stereocenters. The van der Waals surface area contributed by atoms with Crippen LogP contribution in [0.2, 0.25) is 0 Å². The fourth-order valence-electron chi connectivity index (χ4n) is 4.16. The van der Waals surface area contributed by atoms with E-state index in [0.717, 1.165) is 37.6 Å². The summed E-state index contributed by atoms with van der Waals surface area (Å²) in [6.07, 6.45) is -0.502. The third kappa shape index (κ3) is 4.88. The molecule has 0 saturated heterocycles. The van der Waals surface area contributed by atoms with Crippen LogP contribution in [0.5, 0.6) is 0 Å². The first-order valence-electron chi connectivity index (χ1n) is 9.99. The summed E-state index contributed by atoms with van der Waals surface area (Å²) in [5.41, 5.74) is 2.44. The Morgan fingerprint density at radius 2 is 1.70 bits per heavy atom. The molecule has 0 spiro atoms. The van der Waals surface area contributed by atoms with Gasteiger partial charge in [0.25, 0.3) is 0 Å². The van der Waals surface area contributed by atoms with Crippen molar-refractivity contribution in [1.82, 2.24) is 4.90 Å². The highest BCUT2D eigenvalue weighted by molar-refractivity contribution is 5.86. The molecule has 0 amide bonds. The summed E-state index contributed by atoms with van der Waals surface area (Å²) in [6.45, 7) is 3.84. The maximum Gasteiger partial charge on any atom is 0.416 e. The zero-order chi connectivity index (χ0) is 20.4. The molecule has 1 aliphatic rings. The molecular weight excluding hydrogens is 407 g/mol. The van der Waals surface area contributed by atoms with E-state index >= 15 is 0 Å². The molecule has 1 nitrogen and oxygen atoms in total. The Bertz CT molecular complexity index is 1040. The lowest BCUT2D eigenvalue weighted by Gasteiger charge is -2.32. The SMILES string of the molecule is CC(Cc1cccc2ccccc12)N1CC=C(c2cccc(C(F)(F)F)c2)CC1.Cl. The maximum atomic E-state index is 13.0. The molecule has 0 saturated carbocycles. The van der Waals surface area contributed by atoms with Gasteiger partial charge in [0.1, 0.15) is 0 Å². The molecule has 4 rings (SSSR count).